The van der Waals surface area contributed by atoms with Gasteiger partial charge in [0.05, 0.1) is 11.2 Å². The van der Waals surface area contributed by atoms with Crippen molar-refractivity contribution in [3.05, 3.63) is 0 Å². The highest BCUT2D eigenvalue weighted by atomic mass is 16.4. The lowest BCUT2D eigenvalue weighted by Crippen LogP contribution is -2.61. The van der Waals surface area contributed by atoms with E-state index in [2.05, 4.69) is 0 Å². The first-order valence-electron chi connectivity index (χ1n) is 3.67. The van der Waals surface area contributed by atoms with E-state index in [1.165, 1.54) is 34.6 Å². The minimum Gasteiger partial charge on any atom is -0.387 e. The Kier molecular flexibility index (Phi) is 2.41. The van der Waals surface area contributed by atoms with Gasteiger partial charge in [0.15, 0.2) is 0 Å². The molecule has 0 rings (SSSR count). The van der Waals surface area contributed by atoms with Crippen molar-refractivity contribution < 1.29 is 15.3 Å². The number of aliphatic hydroxyl groups is 3. The minimum absolute atomic E-state index is 1.31. The number of hydrogen-bond acceptors (Lipinski definition) is 3. The first kappa shape index (κ1) is 10.9. The molecule has 0 aliphatic heterocycles. The Morgan fingerprint density at radius 1 is 0.636 bits per heavy atom. The average molecular weight is 162 g/mol. The van der Waals surface area contributed by atoms with Crippen molar-refractivity contribution in [2.75, 3.05) is 0 Å². The molecule has 0 bridgehead atoms. The third kappa shape index (κ3) is 1.92. The van der Waals surface area contributed by atoms with E-state index in [9.17, 15) is 15.3 Å². The van der Waals surface area contributed by atoms with E-state index in [1.54, 1.807) is 0 Å². The van der Waals surface area contributed by atoms with Gasteiger partial charge in [-0.25, -0.2) is 0 Å². The van der Waals surface area contributed by atoms with Crippen LogP contribution in [0, 0.1) is 0 Å². The highest BCUT2D eigenvalue weighted by Crippen LogP contribution is 2.31. The molecule has 0 aromatic heterocycles. The summed E-state index contributed by atoms with van der Waals surface area (Å²) in [6.45, 7) is 7.26. The zero-order chi connectivity index (χ0) is 9.50. The molecule has 3 nitrogen and oxygen atoms in total. The van der Waals surface area contributed by atoms with Crippen molar-refractivity contribution in [2.45, 2.75) is 51.4 Å². The van der Waals surface area contributed by atoms with Gasteiger partial charge in [-0.1, -0.05) is 0 Å². The summed E-state index contributed by atoms with van der Waals surface area (Å²) < 4.78 is 0. The summed E-state index contributed by atoms with van der Waals surface area (Å²) in [7, 11) is 0. The molecule has 68 valence electrons. The third-order valence-electron chi connectivity index (χ3n) is 2.38. The van der Waals surface area contributed by atoms with Crippen LogP contribution in [0.15, 0.2) is 0 Å². The summed E-state index contributed by atoms with van der Waals surface area (Å²) >= 11 is 0. The van der Waals surface area contributed by atoms with Gasteiger partial charge in [0.1, 0.15) is 5.60 Å². The monoisotopic (exact) mass is 162 g/mol. The van der Waals surface area contributed by atoms with Gasteiger partial charge >= 0.3 is 0 Å². The van der Waals surface area contributed by atoms with E-state index in [4.69, 9.17) is 0 Å². The van der Waals surface area contributed by atoms with Crippen LogP contribution in [0.25, 0.3) is 0 Å². The largest absolute Gasteiger partial charge is 0.387 e. The van der Waals surface area contributed by atoms with E-state index in [0.717, 1.165) is 0 Å². The zero-order valence-electron chi connectivity index (χ0n) is 7.84. The Labute approximate surface area is 67.7 Å². The lowest BCUT2D eigenvalue weighted by atomic mass is 9.76. The molecule has 0 saturated heterocycles. The van der Waals surface area contributed by atoms with E-state index >= 15 is 0 Å². The normalized spacial score (nSPS) is 15.3. The Morgan fingerprint density at radius 3 is 0.818 bits per heavy atom. The van der Waals surface area contributed by atoms with E-state index in [0.29, 0.717) is 0 Å². The van der Waals surface area contributed by atoms with Crippen LogP contribution < -0.4 is 0 Å². The molecule has 0 fully saturated rings. The van der Waals surface area contributed by atoms with Crippen LogP contribution in [0.3, 0.4) is 0 Å². The molecule has 3 heteroatoms. The molecule has 0 aromatic rings. The number of hydrogen-bond donors (Lipinski definition) is 3. The van der Waals surface area contributed by atoms with Gasteiger partial charge in [0.2, 0.25) is 0 Å². The van der Waals surface area contributed by atoms with Crippen molar-refractivity contribution in [1.29, 1.82) is 0 Å². The highest BCUT2D eigenvalue weighted by Gasteiger charge is 2.48. The van der Waals surface area contributed by atoms with Gasteiger partial charge in [-0.2, -0.15) is 0 Å². The molecule has 0 radical (unpaired) electrons. The maximum atomic E-state index is 9.69. The summed E-state index contributed by atoms with van der Waals surface area (Å²) in [6.07, 6.45) is 0. The zero-order valence-corrected chi connectivity index (χ0v) is 7.84. The van der Waals surface area contributed by atoms with E-state index in [-0.39, 0.29) is 0 Å². The maximum absolute atomic E-state index is 9.69. The van der Waals surface area contributed by atoms with Crippen molar-refractivity contribution in [1.82, 2.24) is 0 Å². The summed E-state index contributed by atoms with van der Waals surface area (Å²) in [4.78, 5) is 0. The number of rotatable bonds is 2. The summed E-state index contributed by atoms with van der Waals surface area (Å²) in [5, 5.41) is 28.6. The Morgan fingerprint density at radius 2 is 0.818 bits per heavy atom. The molecule has 0 aliphatic rings. The lowest BCUT2D eigenvalue weighted by molar-refractivity contribution is -0.211. The second-order valence-corrected chi connectivity index (χ2v) is 4.19. The topological polar surface area (TPSA) is 60.7 Å². The standard InChI is InChI=1S/C8H18O3/c1-6(2,9)8(5,11)7(3,4)10/h9-11H,1-5H3. The van der Waals surface area contributed by atoms with E-state index in [1.807, 2.05) is 0 Å². The first-order valence-corrected chi connectivity index (χ1v) is 3.67. The van der Waals surface area contributed by atoms with Crippen LogP contribution >= 0.6 is 0 Å². The van der Waals surface area contributed by atoms with Gasteiger partial charge in [0.25, 0.3) is 0 Å². The molecule has 0 spiro atoms. The van der Waals surface area contributed by atoms with E-state index < -0.39 is 16.8 Å². The van der Waals surface area contributed by atoms with Gasteiger partial charge in [-0.3, -0.25) is 0 Å². The fourth-order valence-corrected chi connectivity index (χ4v) is 0.749. The van der Waals surface area contributed by atoms with Crippen LogP contribution in [-0.4, -0.2) is 32.1 Å². The third-order valence-corrected chi connectivity index (χ3v) is 2.38. The second kappa shape index (κ2) is 2.44. The van der Waals surface area contributed by atoms with Crippen LogP contribution in [0.5, 0.6) is 0 Å². The summed E-state index contributed by atoms with van der Waals surface area (Å²) in [5.74, 6) is 0. The molecule has 0 heterocycles. The van der Waals surface area contributed by atoms with Gasteiger partial charge in [0, 0.05) is 0 Å². The predicted octanol–water partition coefficient (Wildman–Crippen LogP) is 0.279. The fourth-order valence-electron chi connectivity index (χ4n) is 0.749. The Hall–Kier alpha value is -0.120. The fraction of sp³-hybridized carbons (Fsp3) is 1.00. The van der Waals surface area contributed by atoms with Crippen LogP contribution in [0.4, 0.5) is 0 Å². The average Bonchev–Trinajstić information content (AvgIpc) is 1.58. The van der Waals surface area contributed by atoms with Gasteiger partial charge < -0.3 is 15.3 Å². The smallest absolute Gasteiger partial charge is 0.118 e. The quantitative estimate of drug-likeness (QED) is 0.546. The molecule has 0 saturated carbocycles. The molecular formula is C8H18O3. The van der Waals surface area contributed by atoms with Gasteiger partial charge in [-0.05, 0) is 34.6 Å². The molecular weight excluding hydrogens is 144 g/mol. The van der Waals surface area contributed by atoms with Crippen molar-refractivity contribution in [3.8, 4) is 0 Å². The van der Waals surface area contributed by atoms with Crippen molar-refractivity contribution in [2.24, 2.45) is 0 Å². The van der Waals surface area contributed by atoms with Crippen molar-refractivity contribution >= 4 is 0 Å². The molecule has 0 atom stereocenters. The molecule has 0 amide bonds. The van der Waals surface area contributed by atoms with Gasteiger partial charge in [-0.15, -0.1) is 0 Å². The second-order valence-electron chi connectivity index (χ2n) is 4.19. The molecule has 0 aliphatic carbocycles. The van der Waals surface area contributed by atoms with Crippen LogP contribution in [-0.2, 0) is 0 Å². The predicted molar refractivity (Wildman–Crippen MR) is 43.2 cm³/mol. The van der Waals surface area contributed by atoms with Crippen LogP contribution in [0.2, 0.25) is 0 Å². The summed E-state index contributed by atoms with van der Waals surface area (Å²) in [5.41, 5.74) is -4.14. The Balaban J connectivity index is 4.75. The highest BCUT2D eigenvalue weighted by molar-refractivity contribution is 5.00. The molecule has 3 N–H and O–H groups in total. The lowest BCUT2D eigenvalue weighted by Gasteiger charge is -2.44. The molecule has 11 heavy (non-hydrogen) atoms. The molecule has 0 unspecified atom stereocenters. The maximum Gasteiger partial charge on any atom is 0.118 e. The first-order chi connectivity index (χ1) is 4.50. The Bertz CT molecular complexity index is 120. The van der Waals surface area contributed by atoms with Crippen LogP contribution in [0.1, 0.15) is 34.6 Å². The molecule has 0 aromatic carbocycles. The SMILES string of the molecule is CC(C)(O)C(C)(O)C(C)(C)O. The summed E-state index contributed by atoms with van der Waals surface area (Å²) in [6, 6.07) is 0. The minimum atomic E-state index is -1.51. The van der Waals surface area contributed by atoms with Crippen molar-refractivity contribution in [3.63, 3.8) is 0 Å².